The molecule has 0 saturated carbocycles. The summed E-state index contributed by atoms with van der Waals surface area (Å²) in [6.07, 6.45) is 1.08. The second kappa shape index (κ2) is 4.21. The molecule has 1 rings (SSSR count). The van der Waals surface area contributed by atoms with Crippen molar-refractivity contribution >= 4 is 11.8 Å². The molecule has 10 heavy (non-hydrogen) atoms. The van der Waals surface area contributed by atoms with Crippen LogP contribution in [0.2, 0.25) is 0 Å². The van der Waals surface area contributed by atoms with Crippen LogP contribution in [0.1, 0.15) is 13.3 Å². The molecule has 0 bridgehead atoms. The van der Waals surface area contributed by atoms with Crippen LogP contribution in [0.5, 0.6) is 0 Å². The zero-order valence-corrected chi connectivity index (χ0v) is 7.19. The molecule has 2 nitrogen and oxygen atoms in total. The summed E-state index contributed by atoms with van der Waals surface area (Å²) in [7, 11) is 0. The average molecular weight is 161 g/mol. The molecule has 1 heterocycles. The Labute approximate surface area is 66.5 Å². The summed E-state index contributed by atoms with van der Waals surface area (Å²) in [5.74, 6) is 1.09. The second-order valence-corrected chi connectivity index (χ2v) is 3.99. The molecule has 0 radical (unpaired) electrons. The Morgan fingerprint density at radius 3 is 2.80 bits per heavy atom. The normalized spacial score (nSPS) is 22.2. The van der Waals surface area contributed by atoms with Crippen molar-refractivity contribution < 1.29 is 4.74 Å². The number of nitrogens with two attached hydrogens (primary N) is 1. The first-order valence-corrected chi connectivity index (χ1v) is 4.82. The van der Waals surface area contributed by atoms with Gasteiger partial charge in [0.1, 0.15) is 0 Å². The van der Waals surface area contributed by atoms with E-state index in [4.69, 9.17) is 10.5 Å². The van der Waals surface area contributed by atoms with E-state index in [0.717, 1.165) is 30.6 Å². The van der Waals surface area contributed by atoms with Gasteiger partial charge in [-0.15, -0.1) is 0 Å². The quantitative estimate of drug-likeness (QED) is 0.664. The topological polar surface area (TPSA) is 35.2 Å². The molecule has 0 aliphatic carbocycles. The highest BCUT2D eigenvalue weighted by Crippen LogP contribution is 2.19. The lowest BCUT2D eigenvalue weighted by atomic mass is 10.3. The lowest BCUT2D eigenvalue weighted by molar-refractivity contribution is 0.0455. The van der Waals surface area contributed by atoms with Crippen molar-refractivity contribution in [1.29, 1.82) is 0 Å². The van der Waals surface area contributed by atoms with Crippen LogP contribution in [0.4, 0.5) is 0 Å². The maximum atomic E-state index is 5.74. The third-order valence-electron chi connectivity index (χ3n) is 1.68. The first kappa shape index (κ1) is 8.37. The van der Waals surface area contributed by atoms with Crippen LogP contribution in [0.15, 0.2) is 0 Å². The minimum atomic E-state index is 0.380. The van der Waals surface area contributed by atoms with Crippen LogP contribution in [-0.4, -0.2) is 30.3 Å². The smallest absolute Gasteiger partial charge is 0.0607 e. The Hall–Kier alpha value is 0.270. The Balaban J connectivity index is 1.93. The van der Waals surface area contributed by atoms with E-state index in [1.807, 2.05) is 11.8 Å². The van der Waals surface area contributed by atoms with E-state index in [0.29, 0.717) is 6.04 Å². The molecule has 1 fully saturated rings. The molecule has 3 heteroatoms. The Morgan fingerprint density at radius 1 is 1.70 bits per heavy atom. The van der Waals surface area contributed by atoms with E-state index in [-0.39, 0.29) is 0 Å². The number of thioether (sulfide) groups is 1. The number of ether oxygens (including phenoxy) is 1. The van der Waals surface area contributed by atoms with Crippen molar-refractivity contribution in [2.75, 3.05) is 19.0 Å². The molecule has 0 amide bonds. The van der Waals surface area contributed by atoms with Crippen LogP contribution < -0.4 is 5.73 Å². The molecule has 1 unspecified atom stereocenters. The summed E-state index contributed by atoms with van der Waals surface area (Å²) in [5, 5.41) is 0.734. The van der Waals surface area contributed by atoms with Crippen LogP contribution >= 0.6 is 11.8 Å². The van der Waals surface area contributed by atoms with Gasteiger partial charge in [-0.2, -0.15) is 11.8 Å². The first-order valence-electron chi connectivity index (χ1n) is 3.78. The SMILES string of the molecule is CCC(N)CSC1COC1. The summed E-state index contributed by atoms with van der Waals surface area (Å²) in [6.45, 7) is 3.99. The van der Waals surface area contributed by atoms with Crippen LogP contribution in [0, 0.1) is 0 Å². The van der Waals surface area contributed by atoms with E-state index >= 15 is 0 Å². The lowest BCUT2D eigenvalue weighted by Crippen LogP contribution is -2.33. The molecular weight excluding hydrogens is 146 g/mol. The fourth-order valence-electron chi connectivity index (χ4n) is 0.688. The van der Waals surface area contributed by atoms with Crippen molar-refractivity contribution in [1.82, 2.24) is 0 Å². The van der Waals surface area contributed by atoms with Crippen molar-refractivity contribution in [3.63, 3.8) is 0 Å². The largest absolute Gasteiger partial charge is 0.379 e. The molecule has 1 aliphatic rings. The highest BCUT2D eigenvalue weighted by atomic mass is 32.2. The molecule has 0 aromatic rings. The maximum Gasteiger partial charge on any atom is 0.0607 e. The van der Waals surface area contributed by atoms with Gasteiger partial charge in [-0.1, -0.05) is 6.92 Å². The van der Waals surface area contributed by atoms with E-state index in [1.54, 1.807) is 0 Å². The molecule has 1 saturated heterocycles. The van der Waals surface area contributed by atoms with E-state index in [2.05, 4.69) is 6.92 Å². The van der Waals surface area contributed by atoms with Gasteiger partial charge >= 0.3 is 0 Å². The number of rotatable bonds is 4. The Morgan fingerprint density at radius 2 is 2.40 bits per heavy atom. The molecule has 0 aromatic heterocycles. The minimum Gasteiger partial charge on any atom is -0.379 e. The van der Waals surface area contributed by atoms with Crippen molar-refractivity contribution in [3.8, 4) is 0 Å². The fraction of sp³-hybridized carbons (Fsp3) is 1.00. The molecule has 0 aromatic carbocycles. The third kappa shape index (κ3) is 2.48. The highest BCUT2D eigenvalue weighted by Gasteiger charge is 2.18. The van der Waals surface area contributed by atoms with Gasteiger partial charge < -0.3 is 10.5 Å². The predicted molar refractivity (Wildman–Crippen MR) is 45.3 cm³/mol. The van der Waals surface area contributed by atoms with Crippen LogP contribution in [0.3, 0.4) is 0 Å². The van der Waals surface area contributed by atoms with E-state index < -0.39 is 0 Å². The first-order chi connectivity index (χ1) is 4.83. The summed E-state index contributed by atoms with van der Waals surface area (Å²) in [5.41, 5.74) is 5.74. The van der Waals surface area contributed by atoms with E-state index in [9.17, 15) is 0 Å². The monoisotopic (exact) mass is 161 g/mol. The number of hydrogen-bond donors (Lipinski definition) is 1. The van der Waals surface area contributed by atoms with Crippen molar-refractivity contribution in [2.24, 2.45) is 5.73 Å². The average Bonchev–Trinajstić information content (AvgIpc) is 1.84. The molecule has 0 spiro atoms. The van der Waals surface area contributed by atoms with Gasteiger partial charge in [-0.3, -0.25) is 0 Å². The van der Waals surface area contributed by atoms with Crippen molar-refractivity contribution in [2.45, 2.75) is 24.6 Å². The molecule has 1 atom stereocenters. The standard InChI is InChI=1S/C7H15NOS/c1-2-6(8)5-10-7-3-9-4-7/h6-7H,2-5,8H2,1H3. The number of hydrogen-bond acceptors (Lipinski definition) is 3. The van der Waals surface area contributed by atoms with Gasteiger partial charge in [-0.25, -0.2) is 0 Å². The van der Waals surface area contributed by atoms with Gasteiger partial charge in [0.2, 0.25) is 0 Å². The summed E-state index contributed by atoms with van der Waals surface area (Å²) >= 11 is 1.95. The maximum absolute atomic E-state index is 5.74. The molecule has 1 aliphatic heterocycles. The van der Waals surface area contributed by atoms with Crippen LogP contribution in [-0.2, 0) is 4.74 Å². The fourth-order valence-corrected chi connectivity index (χ4v) is 1.83. The predicted octanol–water partition coefficient (Wildman–Crippen LogP) is 0.856. The molecular formula is C7H15NOS. The van der Waals surface area contributed by atoms with Crippen molar-refractivity contribution in [3.05, 3.63) is 0 Å². The van der Waals surface area contributed by atoms with Gasteiger partial charge in [0.05, 0.1) is 18.5 Å². The van der Waals surface area contributed by atoms with Crippen LogP contribution in [0.25, 0.3) is 0 Å². The molecule has 2 N–H and O–H groups in total. The Bertz CT molecular complexity index is 90.9. The summed E-state index contributed by atoms with van der Waals surface area (Å²) in [4.78, 5) is 0. The lowest BCUT2D eigenvalue weighted by Gasteiger charge is -2.26. The Kier molecular flexibility index (Phi) is 3.52. The third-order valence-corrected chi connectivity index (χ3v) is 3.04. The molecule has 60 valence electrons. The zero-order chi connectivity index (χ0) is 7.40. The van der Waals surface area contributed by atoms with Gasteiger partial charge in [-0.05, 0) is 6.42 Å². The van der Waals surface area contributed by atoms with E-state index in [1.165, 1.54) is 0 Å². The zero-order valence-electron chi connectivity index (χ0n) is 6.38. The second-order valence-electron chi connectivity index (χ2n) is 2.66. The summed E-state index contributed by atoms with van der Waals surface area (Å²) in [6, 6.07) is 0.380. The highest BCUT2D eigenvalue weighted by molar-refractivity contribution is 8.00. The van der Waals surface area contributed by atoms with Gasteiger partial charge in [0.25, 0.3) is 0 Å². The van der Waals surface area contributed by atoms with Gasteiger partial charge in [0, 0.05) is 11.8 Å². The minimum absolute atomic E-state index is 0.380. The van der Waals surface area contributed by atoms with Gasteiger partial charge in [0.15, 0.2) is 0 Å². The summed E-state index contributed by atoms with van der Waals surface area (Å²) < 4.78 is 5.04.